The van der Waals surface area contributed by atoms with Crippen LogP contribution in [0.5, 0.6) is 0 Å². The largest absolute Gasteiger partial charge is 0.399 e. The second-order valence-electron chi connectivity index (χ2n) is 4.52. The summed E-state index contributed by atoms with van der Waals surface area (Å²) in [5.74, 6) is -0.212. The van der Waals surface area contributed by atoms with Crippen molar-refractivity contribution in [3.05, 3.63) is 57.6 Å². The van der Waals surface area contributed by atoms with Crippen molar-refractivity contribution in [3.63, 3.8) is 0 Å². The van der Waals surface area contributed by atoms with E-state index < -0.39 is 9.84 Å². The highest BCUT2D eigenvalue weighted by atomic mass is 35.5. The van der Waals surface area contributed by atoms with Gasteiger partial charge in [-0.2, -0.15) is 0 Å². The van der Waals surface area contributed by atoms with Crippen LogP contribution in [-0.4, -0.2) is 8.42 Å². The van der Waals surface area contributed by atoms with Crippen molar-refractivity contribution < 1.29 is 8.42 Å². The topological polar surface area (TPSA) is 60.2 Å². The van der Waals surface area contributed by atoms with E-state index in [0.29, 0.717) is 26.9 Å². The maximum Gasteiger partial charge on any atom is 0.182 e. The van der Waals surface area contributed by atoms with Gasteiger partial charge in [-0.1, -0.05) is 29.3 Å². The first-order valence-corrected chi connectivity index (χ1v) is 8.23. The highest BCUT2D eigenvalue weighted by Crippen LogP contribution is 2.27. The van der Waals surface area contributed by atoms with E-state index in [1.807, 2.05) is 0 Å². The summed E-state index contributed by atoms with van der Waals surface area (Å²) in [6, 6.07) is 9.57. The normalized spacial score (nSPS) is 11.6. The number of hydrogen-bond donors (Lipinski definition) is 1. The molecule has 2 N–H and O–H groups in total. The first-order chi connectivity index (χ1) is 9.29. The van der Waals surface area contributed by atoms with Crippen LogP contribution < -0.4 is 5.73 Å². The molecule has 2 aromatic carbocycles. The Morgan fingerprint density at radius 2 is 1.80 bits per heavy atom. The van der Waals surface area contributed by atoms with Gasteiger partial charge in [0.25, 0.3) is 0 Å². The fourth-order valence-electron chi connectivity index (χ4n) is 1.89. The Balaban J connectivity index is 2.46. The summed E-state index contributed by atoms with van der Waals surface area (Å²) >= 11 is 11.9. The summed E-state index contributed by atoms with van der Waals surface area (Å²) in [4.78, 5) is 0.216. The maximum absolute atomic E-state index is 12.5. The zero-order valence-electron chi connectivity index (χ0n) is 10.7. The van der Waals surface area contributed by atoms with E-state index in [0.717, 1.165) is 0 Å². The van der Waals surface area contributed by atoms with Crippen LogP contribution in [0.1, 0.15) is 11.1 Å². The predicted molar refractivity (Wildman–Crippen MR) is 82.9 cm³/mol. The molecular formula is C14H13Cl2NO2S. The molecule has 0 heterocycles. The molecule has 20 heavy (non-hydrogen) atoms. The molecule has 106 valence electrons. The van der Waals surface area contributed by atoms with Gasteiger partial charge in [-0.25, -0.2) is 8.42 Å². The Labute approximate surface area is 128 Å². The lowest BCUT2D eigenvalue weighted by atomic mass is 10.2. The van der Waals surface area contributed by atoms with Gasteiger partial charge in [0.1, 0.15) is 0 Å². The van der Waals surface area contributed by atoms with Crippen molar-refractivity contribution in [1.29, 1.82) is 0 Å². The van der Waals surface area contributed by atoms with E-state index in [1.165, 1.54) is 6.07 Å². The Morgan fingerprint density at radius 1 is 1.10 bits per heavy atom. The van der Waals surface area contributed by atoms with Crippen molar-refractivity contribution in [2.75, 3.05) is 5.73 Å². The molecule has 0 aliphatic carbocycles. The molecule has 0 bridgehead atoms. The standard InChI is InChI=1S/C14H13Cl2NO2S/c1-9-2-4-12(17)7-14(9)20(18,19)8-10-6-11(15)3-5-13(10)16/h2-7H,8,17H2,1H3. The van der Waals surface area contributed by atoms with Crippen molar-refractivity contribution in [3.8, 4) is 0 Å². The molecule has 0 fully saturated rings. The number of hydrogen-bond acceptors (Lipinski definition) is 3. The van der Waals surface area contributed by atoms with Gasteiger partial charge in [0, 0.05) is 15.7 Å². The summed E-state index contributed by atoms with van der Waals surface area (Å²) in [5.41, 5.74) is 7.19. The van der Waals surface area contributed by atoms with Crippen molar-refractivity contribution in [1.82, 2.24) is 0 Å². The van der Waals surface area contributed by atoms with Crippen LogP contribution in [0, 0.1) is 6.92 Å². The molecule has 0 saturated heterocycles. The molecule has 6 heteroatoms. The van der Waals surface area contributed by atoms with E-state index in [4.69, 9.17) is 28.9 Å². The number of nitrogen functional groups attached to an aromatic ring is 1. The van der Waals surface area contributed by atoms with Gasteiger partial charge in [-0.05, 0) is 48.4 Å². The quantitative estimate of drug-likeness (QED) is 0.870. The fraction of sp³-hybridized carbons (Fsp3) is 0.143. The smallest absolute Gasteiger partial charge is 0.182 e. The molecule has 3 nitrogen and oxygen atoms in total. The van der Waals surface area contributed by atoms with E-state index in [-0.39, 0.29) is 10.6 Å². The molecule has 0 atom stereocenters. The fourth-order valence-corrected chi connectivity index (χ4v) is 4.02. The van der Waals surface area contributed by atoms with E-state index >= 15 is 0 Å². The second kappa shape index (κ2) is 5.64. The molecule has 2 aromatic rings. The maximum atomic E-state index is 12.5. The van der Waals surface area contributed by atoms with Crippen LogP contribution in [0.4, 0.5) is 5.69 Å². The molecule has 0 saturated carbocycles. The van der Waals surface area contributed by atoms with Gasteiger partial charge >= 0.3 is 0 Å². The third-order valence-electron chi connectivity index (χ3n) is 2.90. The number of benzene rings is 2. The van der Waals surface area contributed by atoms with Crippen LogP contribution in [-0.2, 0) is 15.6 Å². The molecule has 0 amide bonds. The Kier molecular flexibility index (Phi) is 4.28. The molecule has 0 aliphatic rings. The highest BCUT2D eigenvalue weighted by molar-refractivity contribution is 7.90. The molecule has 0 aliphatic heterocycles. The minimum Gasteiger partial charge on any atom is -0.399 e. The van der Waals surface area contributed by atoms with Crippen LogP contribution in [0.25, 0.3) is 0 Å². The number of halogens is 2. The summed E-state index contributed by atoms with van der Waals surface area (Å²) in [5, 5.41) is 0.823. The summed E-state index contributed by atoms with van der Waals surface area (Å²) < 4.78 is 25.0. The summed E-state index contributed by atoms with van der Waals surface area (Å²) in [7, 11) is -3.53. The van der Waals surface area contributed by atoms with E-state index in [2.05, 4.69) is 0 Å². The van der Waals surface area contributed by atoms with Crippen LogP contribution in [0.2, 0.25) is 10.0 Å². The number of sulfone groups is 1. The lowest BCUT2D eigenvalue weighted by Gasteiger charge is -2.10. The van der Waals surface area contributed by atoms with Crippen molar-refractivity contribution in [2.45, 2.75) is 17.6 Å². The summed E-state index contributed by atoms with van der Waals surface area (Å²) in [6.45, 7) is 1.73. The Bertz CT molecular complexity index is 758. The van der Waals surface area contributed by atoms with Crippen molar-refractivity contribution >= 4 is 38.7 Å². The average Bonchev–Trinajstić information content (AvgIpc) is 2.36. The molecule has 0 aromatic heterocycles. The lowest BCUT2D eigenvalue weighted by molar-refractivity contribution is 0.594. The van der Waals surface area contributed by atoms with Crippen molar-refractivity contribution in [2.24, 2.45) is 0 Å². The minimum atomic E-state index is -3.53. The van der Waals surface area contributed by atoms with Gasteiger partial charge in [-0.3, -0.25) is 0 Å². The zero-order valence-corrected chi connectivity index (χ0v) is 13.1. The first-order valence-electron chi connectivity index (χ1n) is 5.82. The monoisotopic (exact) mass is 329 g/mol. The molecule has 0 unspecified atom stereocenters. The van der Waals surface area contributed by atoms with Crippen LogP contribution >= 0.6 is 23.2 Å². The average molecular weight is 330 g/mol. The SMILES string of the molecule is Cc1ccc(N)cc1S(=O)(=O)Cc1cc(Cl)ccc1Cl. The number of nitrogens with two attached hydrogens (primary N) is 1. The van der Waals surface area contributed by atoms with Gasteiger partial charge in [-0.15, -0.1) is 0 Å². The summed E-state index contributed by atoms with van der Waals surface area (Å²) in [6.07, 6.45) is 0. The first kappa shape index (κ1) is 15.2. The molecule has 0 spiro atoms. The van der Waals surface area contributed by atoms with E-state index in [1.54, 1.807) is 37.3 Å². The van der Waals surface area contributed by atoms with Gasteiger partial charge in [0.2, 0.25) is 0 Å². The molecule has 2 rings (SSSR count). The molecule has 0 radical (unpaired) electrons. The van der Waals surface area contributed by atoms with Crippen LogP contribution in [0.15, 0.2) is 41.3 Å². The van der Waals surface area contributed by atoms with Gasteiger partial charge < -0.3 is 5.73 Å². The Hall–Kier alpha value is -1.23. The highest BCUT2D eigenvalue weighted by Gasteiger charge is 2.19. The minimum absolute atomic E-state index is 0.212. The predicted octanol–water partition coefficient (Wildman–Crippen LogP) is 3.86. The Morgan fingerprint density at radius 3 is 2.50 bits per heavy atom. The second-order valence-corrected chi connectivity index (χ2v) is 7.32. The third-order valence-corrected chi connectivity index (χ3v) is 5.31. The number of aryl methyl sites for hydroxylation is 1. The zero-order chi connectivity index (χ0) is 14.9. The van der Waals surface area contributed by atoms with E-state index in [9.17, 15) is 8.42 Å². The third kappa shape index (κ3) is 3.26. The van der Waals surface area contributed by atoms with Gasteiger partial charge in [0.15, 0.2) is 9.84 Å². The number of anilines is 1. The molecular weight excluding hydrogens is 317 g/mol. The van der Waals surface area contributed by atoms with Gasteiger partial charge in [0.05, 0.1) is 10.6 Å². The number of rotatable bonds is 3. The lowest BCUT2D eigenvalue weighted by Crippen LogP contribution is -2.08. The van der Waals surface area contributed by atoms with Crippen LogP contribution in [0.3, 0.4) is 0 Å².